The Morgan fingerprint density at radius 2 is 0.978 bits per heavy atom. The summed E-state index contributed by atoms with van der Waals surface area (Å²) in [7, 11) is -4.93. The van der Waals surface area contributed by atoms with Crippen molar-refractivity contribution >= 4 is 19.5 Å². The van der Waals surface area contributed by atoms with Crippen LogP contribution >= 0.6 is 7.60 Å². The highest BCUT2D eigenvalue weighted by atomic mass is 31.2. The first-order chi connectivity index (χ1) is 21.6. The van der Waals surface area contributed by atoms with E-state index in [9.17, 15) is 29.0 Å². The van der Waals surface area contributed by atoms with Gasteiger partial charge in [-0.15, -0.1) is 0 Å². The minimum atomic E-state index is -4.93. The summed E-state index contributed by atoms with van der Waals surface area (Å²) in [6, 6.07) is 0. The van der Waals surface area contributed by atoms with E-state index in [2.05, 4.69) is 13.8 Å². The van der Waals surface area contributed by atoms with Gasteiger partial charge in [-0.2, -0.15) is 0 Å². The second-order valence-corrected chi connectivity index (χ2v) is 14.1. The first-order valence-corrected chi connectivity index (χ1v) is 19.6. The fourth-order valence-corrected chi connectivity index (χ4v) is 6.04. The van der Waals surface area contributed by atoms with E-state index in [1.54, 1.807) is 0 Å². The van der Waals surface area contributed by atoms with Gasteiger partial charge in [-0.1, -0.05) is 142 Å². The van der Waals surface area contributed by atoms with Gasteiger partial charge in [0, 0.05) is 12.8 Å². The lowest BCUT2D eigenvalue weighted by Crippen LogP contribution is -2.37. The van der Waals surface area contributed by atoms with Crippen LogP contribution in [0.25, 0.3) is 0 Å². The van der Waals surface area contributed by atoms with Crippen molar-refractivity contribution in [2.75, 3.05) is 19.8 Å². The normalized spacial score (nSPS) is 13.8. The van der Waals surface area contributed by atoms with Crippen molar-refractivity contribution < 1.29 is 48.4 Å². The maximum atomic E-state index is 12.5. The number of ether oxygens (including phenoxy) is 3. The third-order valence-corrected chi connectivity index (χ3v) is 9.15. The van der Waals surface area contributed by atoms with Crippen LogP contribution in [0.3, 0.4) is 0 Å². The number of carbonyl (C=O) groups is 2. The summed E-state index contributed by atoms with van der Waals surface area (Å²) in [6.45, 7) is 2.67. The molecule has 0 saturated carbocycles. The Balaban J connectivity index is 4.48. The van der Waals surface area contributed by atoms with Gasteiger partial charge in [0.15, 0.2) is 11.9 Å². The summed E-state index contributed by atoms with van der Waals surface area (Å²) in [5.74, 6) is -2.96. The zero-order chi connectivity index (χ0) is 33.6. The molecule has 0 fully saturated rings. The number of aliphatic hydroxyl groups excluding tert-OH is 2. The van der Waals surface area contributed by atoms with E-state index in [4.69, 9.17) is 19.3 Å². The van der Waals surface area contributed by atoms with Gasteiger partial charge in [-0.05, 0) is 12.8 Å². The molecule has 0 amide bonds. The first kappa shape index (κ1) is 44.0. The van der Waals surface area contributed by atoms with Crippen LogP contribution < -0.4 is 0 Å². The quantitative estimate of drug-likeness (QED) is 0.0310. The zero-order valence-electron chi connectivity index (χ0n) is 28.5. The van der Waals surface area contributed by atoms with E-state index in [-0.39, 0.29) is 19.4 Å². The SMILES string of the molecule is CCCCCCCCCCCCCC(=O)OC[C@H](COC(C(O)CO)P(=O)(O)O)OC(=O)CCCCCCCCCCCCC. The molecule has 0 spiro atoms. The second kappa shape index (κ2) is 30.3. The summed E-state index contributed by atoms with van der Waals surface area (Å²) in [5.41, 5.74) is 0. The fraction of sp³-hybridized carbons (Fsp3) is 0.941. The predicted octanol–water partition coefficient (Wildman–Crippen LogP) is 7.72. The lowest BCUT2D eigenvalue weighted by molar-refractivity contribution is -0.164. The van der Waals surface area contributed by atoms with E-state index < -0.39 is 50.8 Å². The van der Waals surface area contributed by atoms with Gasteiger partial charge in [0.05, 0.1) is 13.2 Å². The molecule has 3 atom stereocenters. The van der Waals surface area contributed by atoms with Gasteiger partial charge in [0.25, 0.3) is 0 Å². The molecule has 0 saturated heterocycles. The molecule has 0 aliphatic rings. The van der Waals surface area contributed by atoms with Crippen molar-refractivity contribution in [3.8, 4) is 0 Å². The number of unbranched alkanes of at least 4 members (excludes halogenated alkanes) is 20. The highest BCUT2D eigenvalue weighted by molar-refractivity contribution is 7.52. The molecule has 0 heterocycles. The van der Waals surface area contributed by atoms with Crippen LogP contribution in [0.1, 0.15) is 168 Å². The molecule has 11 heteroatoms. The van der Waals surface area contributed by atoms with Crippen molar-refractivity contribution in [2.45, 2.75) is 186 Å². The predicted molar refractivity (Wildman–Crippen MR) is 178 cm³/mol. The highest BCUT2D eigenvalue weighted by Gasteiger charge is 2.37. The van der Waals surface area contributed by atoms with E-state index in [0.29, 0.717) is 12.8 Å². The van der Waals surface area contributed by atoms with E-state index in [1.165, 1.54) is 89.9 Å². The van der Waals surface area contributed by atoms with Crippen LogP contribution in [-0.2, 0) is 28.4 Å². The molecule has 0 radical (unpaired) electrons. The molecule has 0 aromatic rings. The lowest BCUT2D eigenvalue weighted by atomic mass is 10.1. The summed E-state index contributed by atoms with van der Waals surface area (Å²) < 4.78 is 27.7. The number of aliphatic hydroxyl groups is 2. The molecule has 4 N–H and O–H groups in total. The molecule has 10 nitrogen and oxygen atoms in total. The van der Waals surface area contributed by atoms with Gasteiger partial charge in [-0.25, -0.2) is 0 Å². The fourth-order valence-electron chi connectivity index (χ4n) is 5.21. The summed E-state index contributed by atoms with van der Waals surface area (Å²) in [6.07, 6.45) is 22.8. The minimum absolute atomic E-state index is 0.168. The number of carbonyl (C=O) groups excluding carboxylic acids is 2. The molecular weight excluding hydrogens is 599 g/mol. The van der Waals surface area contributed by atoms with Crippen molar-refractivity contribution in [1.82, 2.24) is 0 Å². The Morgan fingerprint density at radius 1 is 0.600 bits per heavy atom. The van der Waals surface area contributed by atoms with Crippen LogP contribution in [0.5, 0.6) is 0 Å². The second-order valence-electron chi connectivity index (χ2n) is 12.4. The Labute approximate surface area is 273 Å². The maximum Gasteiger partial charge on any atom is 0.356 e. The zero-order valence-corrected chi connectivity index (χ0v) is 29.4. The third kappa shape index (κ3) is 27.8. The average molecular weight is 667 g/mol. The lowest BCUT2D eigenvalue weighted by Gasteiger charge is -2.25. The molecule has 268 valence electrons. The minimum Gasteiger partial charge on any atom is -0.462 e. The van der Waals surface area contributed by atoms with Crippen LogP contribution in [0.15, 0.2) is 0 Å². The molecule has 0 aliphatic carbocycles. The van der Waals surface area contributed by atoms with E-state index in [1.807, 2.05) is 0 Å². The average Bonchev–Trinajstić information content (AvgIpc) is 3.00. The first-order valence-electron chi connectivity index (χ1n) is 18.0. The topological polar surface area (TPSA) is 160 Å². The summed E-state index contributed by atoms with van der Waals surface area (Å²) >= 11 is 0. The van der Waals surface area contributed by atoms with Crippen molar-refractivity contribution in [2.24, 2.45) is 0 Å². The molecule has 0 bridgehead atoms. The Bertz CT molecular complexity index is 744. The van der Waals surface area contributed by atoms with Gasteiger partial charge < -0.3 is 34.2 Å². The number of rotatable bonds is 33. The Hall–Kier alpha value is -1.03. The standard InChI is InChI=1S/C34H67O10P/c1-3-5-7-9-11-13-15-17-19-21-23-25-32(37)42-28-30(29-43-34(31(36)27-35)45(39,40)41)44-33(38)26-24-22-20-18-16-14-12-10-8-6-4-2/h30-31,34-36H,3-29H2,1-2H3,(H2,39,40,41)/t30-,31?,34?/m1/s1. The molecule has 45 heavy (non-hydrogen) atoms. The third-order valence-electron chi connectivity index (χ3n) is 8.00. The monoisotopic (exact) mass is 666 g/mol. The van der Waals surface area contributed by atoms with Crippen molar-refractivity contribution in [3.63, 3.8) is 0 Å². The van der Waals surface area contributed by atoms with Crippen molar-refractivity contribution in [1.29, 1.82) is 0 Å². The van der Waals surface area contributed by atoms with E-state index in [0.717, 1.165) is 38.5 Å². The van der Waals surface area contributed by atoms with Crippen LogP contribution in [0, 0.1) is 0 Å². The van der Waals surface area contributed by atoms with Gasteiger partial charge in [0.1, 0.15) is 12.7 Å². The number of hydrogen-bond donors (Lipinski definition) is 4. The summed E-state index contributed by atoms with van der Waals surface area (Å²) in [4.78, 5) is 43.9. The smallest absolute Gasteiger partial charge is 0.356 e. The number of hydrogen-bond acceptors (Lipinski definition) is 8. The number of esters is 2. The largest absolute Gasteiger partial charge is 0.462 e. The molecular formula is C34H67O10P. The highest BCUT2D eigenvalue weighted by Crippen LogP contribution is 2.43. The molecule has 0 rings (SSSR count). The summed E-state index contributed by atoms with van der Waals surface area (Å²) in [5, 5.41) is 19.0. The molecule has 0 aliphatic heterocycles. The van der Waals surface area contributed by atoms with Crippen molar-refractivity contribution in [3.05, 3.63) is 0 Å². The van der Waals surface area contributed by atoms with Crippen LogP contribution in [0.4, 0.5) is 0 Å². The Morgan fingerprint density at radius 3 is 1.36 bits per heavy atom. The molecule has 0 aromatic heterocycles. The van der Waals surface area contributed by atoms with E-state index >= 15 is 0 Å². The molecule has 0 aromatic carbocycles. The van der Waals surface area contributed by atoms with Crippen LogP contribution in [0.2, 0.25) is 0 Å². The van der Waals surface area contributed by atoms with Gasteiger partial charge in [-0.3, -0.25) is 14.2 Å². The van der Waals surface area contributed by atoms with Gasteiger partial charge >= 0.3 is 19.5 Å². The molecule has 2 unspecified atom stereocenters. The van der Waals surface area contributed by atoms with Gasteiger partial charge in [0.2, 0.25) is 0 Å². The Kier molecular flexibility index (Phi) is 29.6. The maximum absolute atomic E-state index is 12.5. The van der Waals surface area contributed by atoms with Crippen LogP contribution in [-0.4, -0.2) is 69.8 Å².